The Kier molecular flexibility index (Phi) is 4.93. The molecule has 1 aliphatic heterocycles. The maximum Gasteiger partial charge on any atom is 0.417 e. The molecular formula is C13H14ClF3N2O3S. The number of carbonyl (C=O) groups is 1. The van der Waals surface area contributed by atoms with Gasteiger partial charge in [0.15, 0.2) is 0 Å². The smallest absolute Gasteiger partial charge is 0.369 e. The van der Waals surface area contributed by atoms with Gasteiger partial charge >= 0.3 is 6.18 Å². The molecule has 2 rings (SSSR count). The van der Waals surface area contributed by atoms with E-state index in [-0.39, 0.29) is 18.1 Å². The predicted octanol–water partition coefficient (Wildman–Crippen LogP) is 2.24. The third-order valence-electron chi connectivity index (χ3n) is 3.65. The summed E-state index contributed by atoms with van der Waals surface area (Å²) >= 11 is 5.55. The van der Waals surface area contributed by atoms with Crippen molar-refractivity contribution in [3.05, 3.63) is 28.8 Å². The first-order valence-corrected chi connectivity index (χ1v) is 8.51. The third kappa shape index (κ3) is 3.78. The number of piperidine rings is 1. The summed E-state index contributed by atoms with van der Waals surface area (Å²) in [6, 6.07) is 2.48. The van der Waals surface area contributed by atoms with Gasteiger partial charge in [0, 0.05) is 18.1 Å². The fourth-order valence-corrected chi connectivity index (χ4v) is 4.37. The van der Waals surface area contributed by atoms with E-state index in [0.29, 0.717) is 18.9 Å². The molecule has 0 radical (unpaired) electrons. The number of nitrogens with two attached hydrogens (primary N) is 1. The van der Waals surface area contributed by atoms with Crippen molar-refractivity contribution in [2.45, 2.75) is 23.9 Å². The Morgan fingerprint density at radius 1 is 1.35 bits per heavy atom. The number of benzene rings is 1. The number of hydrogen-bond acceptors (Lipinski definition) is 3. The zero-order valence-corrected chi connectivity index (χ0v) is 13.4. The van der Waals surface area contributed by atoms with Gasteiger partial charge in [-0.05, 0) is 31.0 Å². The van der Waals surface area contributed by atoms with Crippen LogP contribution in [0.4, 0.5) is 13.2 Å². The average Bonchev–Trinajstić information content (AvgIpc) is 2.46. The minimum absolute atomic E-state index is 0.0338. The highest BCUT2D eigenvalue weighted by molar-refractivity contribution is 7.89. The van der Waals surface area contributed by atoms with Crippen molar-refractivity contribution in [2.24, 2.45) is 11.7 Å². The molecule has 0 bridgehead atoms. The molecule has 2 N–H and O–H groups in total. The highest BCUT2D eigenvalue weighted by atomic mass is 35.5. The Hall–Kier alpha value is -1.32. The Balaban J connectivity index is 2.46. The second kappa shape index (κ2) is 6.29. The van der Waals surface area contributed by atoms with Crippen LogP contribution in [-0.2, 0) is 21.0 Å². The first-order valence-electron chi connectivity index (χ1n) is 6.69. The van der Waals surface area contributed by atoms with Gasteiger partial charge in [0.2, 0.25) is 15.9 Å². The van der Waals surface area contributed by atoms with Crippen LogP contribution in [0.2, 0.25) is 5.02 Å². The van der Waals surface area contributed by atoms with Crippen molar-refractivity contribution < 1.29 is 26.4 Å². The zero-order chi connectivity index (χ0) is 17.4. The molecule has 0 saturated carbocycles. The van der Waals surface area contributed by atoms with Gasteiger partial charge in [0.25, 0.3) is 0 Å². The molecule has 1 aromatic rings. The van der Waals surface area contributed by atoms with E-state index in [1.54, 1.807) is 0 Å². The Morgan fingerprint density at radius 3 is 2.57 bits per heavy atom. The van der Waals surface area contributed by atoms with Crippen LogP contribution in [0, 0.1) is 5.92 Å². The summed E-state index contributed by atoms with van der Waals surface area (Å²) in [7, 11) is -4.41. The molecule has 23 heavy (non-hydrogen) atoms. The SMILES string of the molecule is NC(=O)C1CCCN(S(=O)(=O)c2ccc(Cl)cc2C(F)(F)F)C1. The van der Waals surface area contributed by atoms with Gasteiger partial charge in [-0.1, -0.05) is 11.6 Å². The fourth-order valence-electron chi connectivity index (χ4n) is 2.48. The lowest BCUT2D eigenvalue weighted by Crippen LogP contribution is -2.44. The normalized spacial score (nSPS) is 20.4. The topological polar surface area (TPSA) is 80.5 Å². The Morgan fingerprint density at radius 2 is 2.00 bits per heavy atom. The van der Waals surface area contributed by atoms with Crippen molar-refractivity contribution in [3.63, 3.8) is 0 Å². The summed E-state index contributed by atoms with van der Waals surface area (Å²) in [5.74, 6) is -1.38. The first kappa shape index (κ1) is 18.0. The van der Waals surface area contributed by atoms with Crippen LogP contribution < -0.4 is 5.73 Å². The monoisotopic (exact) mass is 370 g/mol. The molecule has 1 fully saturated rings. The fraction of sp³-hybridized carbons (Fsp3) is 0.462. The molecule has 1 aromatic carbocycles. The lowest BCUT2D eigenvalue weighted by Gasteiger charge is -2.31. The van der Waals surface area contributed by atoms with E-state index in [4.69, 9.17) is 17.3 Å². The van der Waals surface area contributed by atoms with Crippen molar-refractivity contribution in [3.8, 4) is 0 Å². The van der Waals surface area contributed by atoms with E-state index in [9.17, 15) is 26.4 Å². The Bertz CT molecular complexity index is 722. The lowest BCUT2D eigenvalue weighted by atomic mass is 9.99. The average molecular weight is 371 g/mol. The number of hydrogen-bond donors (Lipinski definition) is 1. The van der Waals surface area contributed by atoms with Gasteiger partial charge < -0.3 is 5.73 Å². The number of primary amides is 1. The van der Waals surface area contributed by atoms with Crippen LogP contribution in [0.1, 0.15) is 18.4 Å². The molecule has 1 amide bonds. The maximum absolute atomic E-state index is 13.1. The number of carbonyl (C=O) groups excluding carboxylic acids is 1. The molecule has 128 valence electrons. The van der Waals surface area contributed by atoms with E-state index in [1.165, 1.54) is 0 Å². The molecule has 1 unspecified atom stereocenters. The van der Waals surface area contributed by atoms with Crippen molar-refractivity contribution in [2.75, 3.05) is 13.1 Å². The van der Waals surface area contributed by atoms with Crippen LogP contribution in [0.15, 0.2) is 23.1 Å². The molecule has 0 spiro atoms. The molecule has 1 heterocycles. The summed E-state index contributed by atoms with van der Waals surface area (Å²) in [4.78, 5) is 10.4. The molecular weight excluding hydrogens is 357 g/mol. The van der Waals surface area contributed by atoms with Crippen LogP contribution in [-0.4, -0.2) is 31.7 Å². The highest BCUT2D eigenvalue weighted by Gasteiger charge is 2.40. The quantitative estimate of drug-likeness (QED) is 0.886. The third-order valence-corrected chi connectivity index (χ3v) is 5.81. The van der Waals surface area contributed by atoms with Crippen molar-refractivity contribution >= 4 is 27.5 Å². The van der Waals surface area contributed by atoms with E-state index < -0.39 is 38.5 Å². The van der Waals surface area contributed by atoms with Crippen LogP contribution >= 0.6 is 11.6 Å². The number of alkyl halides is 3. The van der Waals surface area contributed by atoms with Gasteiger partial charge in [0.05, 0.1) is 16.4 Å². The number of rotatable bonds is 3. The van der Waals surface area contributed by atoms with Crippen LogP contribution in [0.25, 0.3) is 0 Å². The lowest BCUT2D eigenvalue weighted by molar-refractivity contribution is -0.140. The molecule has 1 atom stereocenters. The van der Waals surface area contributed by atoms with Crippen LogP contribution in [0.3, 0.4) is 0 Å². The Labute approximate surface area is 136 Å². The van der Waals surface area contributed by atoms with Crippen molar-refractivity contribution in [1.29, 1.82) is 0 Å². The summed E-state index contributed by atoms with van der Waals surface area (Å²) in [6.07, 6.45) is -4.11. The molecule has 1 saturated heterocycles. The second-order valence-corrected chi connectivity index (χ2v) is 7.59. The number of nitrogens with zero attached hydrogens (tertiary/aromatic N) is 1. The zero-order valence-electron chi connectivity index (χ0n) is 11.8. The second-order valence-electron chi connectivity index (χ2n) is 5.24. The van der Waals surface area contributed by atoms with E-state index in [0.717, 1.165) is 16.4 Å². The van der Waals surface area contributed by atoms with E-state index >= 15 is 0 Å². The minimum atomic E-state index is -4.87. The van der Waals surface area contributed by atoms with Gasteiger partial charge in [-0.15, -0.1) is 0 Å². The molecule has 5 nitrogen and oxygen atoms in total. The molecule has 10 heteroatoms. The predicted molar refractivity (Wildman–Crippen MR) is 77.1 cm³/mol. The largest absolute Gasteiger partial charge is 0.417 e. The molecule has 1 aliphatic rings. The summed E-state index contributed by atoms with van der Waals surface area (Å²) in [5.41, 5.74) is 3.84. The highest BCUT2D eigenvalue weighted by Crippen LogP contribution is 2.37. The summed E-state index contributed by atoms with van der Waals surface area (Å²) < 4.78 is 65.3. The standard InChI is InChI=1S/C13H14ClF3N2O3S/c14-9-3-4-11(10(6-9)13(15,16)17)23(21,22)19-5-1-2-8(7-19)12(18)20/h3-4,6,8H,1-2,5,7H2,(H2,18,20). The number of amides is 1. The van der Waals surface area contributed by atoms with E-state index in [1.807, 2.05) is 0 Å². The summed E-state index contributed by atoms with van der Waals surface area (Å²) in [5, 5.41) is -0.218. The van der Waals surface area contributed by atoms with Gasteiger partial charge in [-0.2, -0.15) is 17.5 Å². The molecule has 0 aromatic heterocycles. The van der Waals surface area contributed by atoms with Gasteiger partial charge in [-0.3, -0.25) is 4.79 Å². The first-order chi connectivity index (χ1) is 10.5. The number of sulfonamides is 1. The maximum atomic E-state index is 13.1. The van der Waals surface area contributed by atoms with Gasteiger partial charge in [0.1, 0.15) is 0 Å². The van der Waals surface area contributed by atoms with Gasteiger partial charge in [-0.25, -0.2) is 8.42 Å². The molecule has 0 aliphatic carbocycles. The number of halogens is 4. The van der Waals surface area contributed by atoms with E-state index in [2.05, 4.69) is 0 Å². The van der Waals surface area contributed by atoms with Crippen molar-refractivity contribution in [1.82, 2.24) is 4.31 Å². The van der Waals surface area contributed by atoms with Crippen LogP contribution in [0.5, 0.6) is 0 Å². The summed E-state index contributed by atoms with van der Waals surface area (Å²) in [6.45, 7) is -0.191. The minimum Gasteiger partial charge on any atom is -0.369 e.